The summed E-state index contributed by atoms with van der Waals surface area (Å²) in [5, 5.41) is 24.4. The molecular weight excluding hydrogens is 471 g/mol. The number of fused-ring (bicyclic) bond motifs is 2. The molecule has 1 atom stereocenters. The number of aliphatic hydroxyl groups is 1. The fourth-order valence-electron chi connectivity index (χ4n) is 6.00. The summed E-state index contributed by atoms with van der Waals surface area (Å²) >= 11 is 6.29. The normalized spacial score (nSPS) is 18.7. The van der Waals surface area contributed by atoms with Crippen molar-refractivity contribution in [1.82, 2.24) is 29.3 Å². The molecule has 3 aromatic heterocycles. The largest absolute Gasteiger partial charge is 0.388 e. The van der Waals surface area contributed by atoms with Gasteiger partial charge in [0.15, 0.2) is 5.65 Å². The van der Waals surface area contributed by atoms with Crippen LogP contribution in [0.15, 0.2) is 41.7 Å². The SMILES string of the molecule is Cn1ncc2c(C(O)C3CC4(C3)CN(CCCc3cc5nncn5cc3F)C4)ccc(Cl)c2c1=O. The summed E-state index contributed by atoms with van der Waals surface area (Å²) in [6.07, 6.45) is 7.33. The van der Waals surface area contributed by atoms with Gasteiger partial charge in [-0.1, -0.05) is 17.7 Å². The minimum Gasteiger partial charge on any atom is -0.388 e. The molecule has 6 rings (SSSR count). The Balaban J connectivity index is 1.04. The lowest BCUT2D eigenvalue weighted by atomic mass is 9.55. The molecule has 1 spiro atoms. The summed E-state index contributed by atoms with van der Waals surface area (Å²) in [4.78, 5) is 14.9. The molecule has 1 saturated carbocycles. The van der Waals surface area contributed by atoms with Crippen LogP contribution in [0.3, 0.4) is 0 Å². The Kier molecular flexibility index (Phi) is 5.39. The van der Waals surface area contributed by atoms with E-state index in [4.69, 9.17) is 11.6 Å². The summed E-state index contributed by atoms with van der Waals surface area (Å²) in [5.41, 5.74) is 2.05. The molecule has 0 amide bonds. The van der Waals surface area contributed by atoms with E-state index < -0.39 is 6.10 Å². The van der Waals surface area contributed by atoms with Crippen LogP contribution in [-0.4, -0.2) is 54.0 Å². The highest BCUT2D eigenvalue weighted by molar-refractivity contribution is 6.35. The molecular formula is C25H26ClFN6O2. The minimum absolute atomic E-state index is 0.148. The molecule has 0 bridgehead atoms. The third-order valence-corrected chi connectivity index (χ3v) is 8.07. The Bertz CT molecular complexity index is 1490. The van der Waals surface area contributed by atoms with Gasteiger partial charge in [-0.15, -0.1) is 10.2 Å². The molecule has 4 aromatic rings. The van der Waals surface area contributed by atoms with Crippen molar-refractivity contribution in [2.75, 3.05) is 19.6 Å². The Hall–Kier alpha value is -2.88. The van der Waals surface area contributed by atoms with Gasteiger partial charge in [-0.25, -0.2) is 9.07 Å². The quantitative estimate of drug-likeness (QED) is 0.441. The summed E-state index contributed by atoms with van der Waals surface area (Å²) < 4.78 is 17.1. The second-order valence-electron chi connectivity index (χ2n) is 10.2. The number of halogens is 2. The number of rotatable bonds is 6. The van der Waals surface area contributed by atoms with Gasteiger partial charge < -0.3 is 10.0 Å². The summed E-state index contributed by atoms with van der Waals surface area (Å²) in [7, 11) is 1.59. The second-order valence-corrected chi connectivity index (χ2v) is 10.6. The third-order valence-electron chi connectivity index (χ3n) is 7.75. The predicted octanol–water partition coefficient (Wildman–Crippen LogP) is 3.15. The first kappa shape index (κ1) is 22.6. The first-order chi connectivity index (χ1) is 16.8. The van der Waals surface area contributed by atoms with Gasteiger partial charge in [0.25, 0.3) is 5.56 Å². The van der Waals surface area contributed by atoms with E-state index in [1.54, 1.807) is 29.8 Å². The van der Waals surface area contributed by atoms with Gasteiger partial charge in [-0.05, 0) is 66.8 Å². The van der Waals surface area contributed by atoms with Crippen molar-refractivity contribution in [3.63, 3.8) is 0 Å². The van der Waals surface area contributed by atoms with Gasteiger partial charge in [-0.3, -0.25) is 9.20 Å². The molecule has 1 saturated heterocycles. The molecule has 1 N–H and O–H groups in total. The van der Waals surface area contributed by atoms with E-state index in [1.807, 2.05) is 6.07 Å². The zero-order valence-electron chi connectivity index (χ0n) is 19.4. The van der Waals surface area contributed by atoms with Crippen molar-refractivity contribution in [1.29, 1.82) is 0 Å². The van der Waals surface area contributed by atoms with Crippen LogP contribution in [0.5, 0.6) is 0 Å². The number of pyridine rings is 1. The lowest BCUT2D eigenvalue weighted by molar-refractivity contribution is -0.126. The highest BCUT2D eigenvalue weighted by atomic mass is 35.5. The lowest BCUT2D eigenvalue weighted by Gasteiger charge is -2.60. The van der Waals surface area contributed by atoms with Gasteiger partial charge in [0, 0.05) is 31.7 Å². The van der Waals surface area contributed by atoms with Crippen LogP contribution in [0.1, 0.15) is 36.5 Å². The van der Waals surface area contributed by atoms with Crippen LogP contribution in [0.25, 0.3) is 16.4 Å². The Morgan fingerprint density at radius 3 is 2.91 bits per heavy atom. The molecule has 1 aliphatic carbocycles. The van der Waals surface area contributed by atoms with Crippen LogP contribution < -0.4 is 5.56 Å². The summed E-state index contributed by atoms with van der Waals surface area (Å²) in [6.45, 7) is 2.93. The van der Waals surface area contributed by atoms with E-state index >= 15 is 0 Å². The van der Waals surface area contributed by atoms with Crippen LogP contribution in [0, 0.1) is 17.2 Å². The monoisotopic (exact) mass is 496 g/mol. The Morgan fingerprint density at radius 1 is 1.31 bits per heavy atom. The van der Waals surface area contributed by atoms with Gasteiger partial charge in [-0.2, -0.15) is 5.10 Å². The van der Waals surface area contributed by atoms with Crippen molar-refractivity contribution >= 4 is 28.0 Å². The number of hydrogen-bond acceptors (Lipinski definition) is 6. The van der Waals surface area contributed by atoms with Gasteiger partial charge in [0.2, 0.25) is 0 Å². The number of nitrogens with zero attached hydrogens (tertiary/aromatic N) is 6. The average Bonchev–Trinajstić information content (AvgIpc) is 3.23. The van der Waals surface area contributed by atoms with E-state index in [0.717, 1.165) is 44.5 Å². The van der Waals surface area contributed by atoms with Gasteiger partial charge in [0.1, 0.15) is 12.1 Å². The fraction of sp³-hybridized carbons (Fsp3) is 0.440. The standard InChI is InChI=1S/C25H26ClFN6O2/c1-31-24(35)22-18(10-29-31)17(4-5-19(22)26)23(34)16-8-25(9-16)12-32(13-25)6-2-3-15-7-21-30-28-14-33(21)11-20(15)27/h4-5,7,10-11,14,16,23,34H,2-3,6,8-9,12-13H2,1H3. The lowest BCUT2D eigenvalue weighted by Crippen LogP contribution is -2.62. The highest BCUT2D eigenvalue weighted by Crippen LogP contribution is 2.56. The Labute approximate surface area is 206 Å². The first-order valence-corrected chi connectivity index (χ1v) is 12.2. The van der Waals surface area contributed by atoms with Crippen LogP contribution in [0.2, 0.25) is 5.02 Å². The molecule has 4 heterocycles. The van der Waals surface area contributed by atoms with E-state index in [1.165, 1.54) is 17.2 Å². The second kappa shape index (κ2) is 8.36. The summed E-state index contributed by atoms with van der Waals surface area (Å²) in [6, 6.07) is 5.27. The van der Waals surface area contributed by atoms with Gasteiger partial charge >= 0.3 is 0 Å². The van der Waals surface area contributed by atoms with Crippen LogP contribution in [-0.2, 0) is 13.5 Å². The molecule has 10 heteroatoms. The van der Waals surface area contributed by atoms with Crippen molar-refractivity contribution < 1.29 is 9.50 Å². The maximum atomic E-state index is 14.3. The topological polar surface area (TPSA) is 88.5 Å². The van der Waals surface area contributed by atoms with Crippen LogP contribution >= 0.6 is 11.6 Å². The number of aryl methyl sites for hydroxylation is 2. The number of hydrogen-bond donors (Lipinski definition) is 1. The minimum atomic E-state index is -0.654. The Morgan fingerprint density at radius 2 is 2.11 bits per heavy atom. The number of likely N-dealkylation sites (tertiary alicyclic amines) is 1. The van der Waals surface area contributed by atoms with Crippen molar-refractivity contribution in [3.05, 3.63) is 69.2 Å². The molecule has 1 aliphatic heterocycles. The van der Waals surface area contributed by atoms with E-state index in [9.17, 15) is 14.3 Å². The molecule has 2 fully saturated rings. The number of benzene rings is 1. The maximum absolute atomic E-state index is 14.3. The molecule has 2 aliphatic rings. The van der Waals surface area contributed by atoms with Crippen molar-refractivity contribution in [2.45, 2.75) is 31.8 Å². The number of aromatic nitrogens is 5. The number of aliphatic hydroxyl groups excluding tert-OH is 1. The molecule has 1 aromatic carbocycles. The molecule has 0 radical (unpaired) electrons. The van der Waals surface area contributed by atoms with Crippen molar-refractivity contribution in [2.24, 2.45) is 18.4 Å². The zero-order valence-corrected chi connectivity index (χ0v) is 20.1. The molecule has 1 unspecified atom stereocenters. The predicted molar refractivity (Wildman–Crippen MR) is 130 cm³/mol. The van der Waals surface area contributed by atoms with Crippen LogP contribution in [0.4, 0.5) is 4.39 Å². The maximum Gasteiger partial charge on any atom is 0.275 e. The third kappa shape index (κ3) is 3.82. The van der Waals surface area contributed by atoms with Crippen molar-refractivity contribution in [3.8, 4) is 0 Å². The zero-order chi connectivity index (χ0) is 24.3. The van der Waals surface area contributed by atoms with Gasteiger partial charge in [0.05, 0.1) is 22.7 Å². The smallest absolute Gasteiger partial charge is 0.275 e. The average molecular weight is 497 g/mol. The fourth-order valence-corrected chi connectivity index (χ4v) is 6.24. The van der Waals surface area contributed by atoms with E-state index in [-0.39, 0.29) is 22.7 Å². The van der Waals surface area contributed by atoms with E-state index in [2.05, 4.69) is 20.2 Å². The molecule has 8 nitrogen and oxygen atoms in total. The molecule has 182 valence electrons. The summed E-state index contributed by atoms with van der Waals surface area (Å²) in [5.74, 6) is -0.0782. The molecule has 35 heavy (non-hydrogen) atoms. The highest BCUT2D eigenvalue weighted by Gasteiger charge is 2.53. The first-order valence-electron chi connectivity index (χ1n) is 11.9. The van der Waals surface area contributed by atoms with E-state index in [0.29, 0.717) is 33.4 Å².